The molecule has 1 atom stereocenters. The van der Waals surface area contributed by atoms with E-state index < -0.39 is 15.9 Å². The van der Waals surface area contributed by atoms with Crippen molar-refractivity contribution in [3.63, 3.8) is 0 Å². The van der Waals surface area contributed by atoms with Gasteiger partial charge in [0, 0.05) is 23.7 Å². The number of hydrogen-bond acceptors (Lipinski definition) is 4. The summed E-state index contributed by atoms with van der Waals surface area (Å²) >= 11 is 0. The van der Waals surface area contributed by atoms with Gasteiger partial charge < -0.3 is 0 Å². The number of nitrogens with zero attached hydrogens (tertiary/aromatic N) is 2. The van der Waals surface area contributed by atoms with Gasteiger partial charge in [0.25, 0.3) is 6.04 Å². The van der Waals surface area contributed by atoms with Crippen LogP contribution in [0.5, 0.6) is 0 Å². The molecule has 0 aromatic carbocycles. The molecule has 10 heavy (non-hydrogen) atoms. The Morgan fingerprint density at radius 3 is 1.90 bits per heavy atom. The third-order valence-electron chi connectivity index (χ3n) is 1.21. The van der Waals surface area contributed by atoms with Crippen LogP contribution in [0.15, 0.2) is 0 Å². The topological polar surface area (TPSA) is 86.3 Å². The molecule has 57 valence electrons. The minimum atomic E-state index is -1.20. The van der Waals surface area contributed by atoms with E-state index >= 15 is 0 Å². The van der Waals surface area contributed by atoms with Crippen LogP contribution in [0.25, 0.3) is 0 Å². The molecular formula is C4H7N2O4. The van der Waals surface area contributed by atoms with Crippen molar-refractivity contribution in [1.82, 2.24) is 0 Å². The molecule has 6 heteroatoms. The summed E-state index contributed by atoms with van der Waals surface area (Å²) in [6.45, 7) is 2.31. The molecular weight excluding hydrogens is 140 g/mol. The monoisotopic (exact) mass is 147 g/mol. The van der Waals surface area contributed by atoms with Crippen molar-refractivity contribution in [2.24, 2.45) is 0 Å². The largest absolute Gasteiger partial charge is 0.359 e. The lowest BCUT2D eigenvalue weighted by atomic mass is 10.2. The van der Waals surface area contributed by atoms with Gasteiger partial charge in [-0.2, -0.15) is 0 Å². The summed E-state index contributed by atoms with van der Waals surface area (Å²) in [5, 5.41) is 19.8. The first-order valence-electron chi connectivity index (χ1n) is 2.58. The van der Waals surface area contributed by atoms with Crippen LogP contribution in [-0.4, -0.2) is 15.9 Å². The van der Waals surface area contributed by atoms with Crippen LogP contribution >= 0.6 is 0 Å². The Labute approximate surface area is 57.1 Å². The van der Waals surface area contributed by atoms with Crippen molar-refractivity contribution < 1.29 is 9.85 Å². The van der Waals surface area contributed by atoms with Crippen molar-refractivity contribution in [1.29, 1.82) is 0 Å². The Balaban J connectivity index is 4.07. The maximum atomic E-state index is 9.93. The zero-order chi connectivity index (χ0) is 8.31. The quantitative estimate of drug-likeness (QED) is 0.429. The van der Waals surface area contributed by atoms with Crippen LogP contribution in [0, 0.1) is 26.3 Å². The van der Waals surface area contributed by atoms with Gasteiger partial charge in [0.2, 0.25) is 0 Å². The molecule has 1 unspecified atom stereocenters. The summed E-state index contributed by atoms with van der Waals surface area (Å²) in [6, 6.07) is -1.54. The zero-order valence-corrected chi connectivity index (χ0v) is 5.60. The molecule has 0 rings (SSSR count). The summed E-state index contributed by atoms with van der Waals surface area (Å²) in [7, 11) is 0. The smallest absolute Gasteiger partial charge is 0.264 e. The van der Waals surface area contributed by atoms with Crippen LogP contribution in [-0.2, 0) is 0 Å². The van der Waals surface area contributed by atoms with Crippen LogP contribution < -0.4 is 0 Å². The standard InChI is InChI=1S/C4H7N2O4/c1-3(5(7)8)4(2)6(9)10/h3H,1-2H3. The van der Waals surface area contributed by atoms with Gasteiger partial charge in [0.05, 0.1) is 0 Å². The first-order chi connectivity index (χ1) is 4.46. The SMILES string of the molecule is C[C](C(C)[N+](=O)[O-])[N+](=O)[O-]. The first kappa shape index (κ1) is 8.80. The molecule has 0 aliphatic carbocycles. The summed E-state index contributed by atoms with van der Waals surface area (Å²) in [6.07, 6.45) is 0. The van der Waals surface area contributed by atoms with E-state index in [0.29, 0.717) is 0 Å². The van der Waals surface area contributed by atoms with Crippen molar-refractivity contribution in [3.8, 4) is 0 Å². The molecule has 0 N–H and O–H groups in total. The number of rotatable bonds is 3. The molecule has 0 amide bonds. The van der Waals surface area contributed by atoms with Gasteiger partial charge in [-0.3, -0.25) is 20.2 Å². The highest BCUT2D eigenvalue weighted by Crippen LogP contribution is 2.07. The Hall–Kier alpha value is -1.20. The van der Waals surface area contributed by atoms with Crippen LogP contribution in [0.4, 0.5) is 0 Å². The molecule has 1 radical (unpaired) electrons. The predicted octanol–water partition coefficient (Wildman–Crippen LogP) is 0.480. The molecule has 6 nitrogen and oxygen atoms in total. The molecule has 0 heterocycles. The van der Waals surface area contributed by atoms with Crippen LogP contribution in [0.1, 0.15) is 13.8 Å². The molecule has 0 aromatic rings. The van der Waals surface area contributed by atoms with E-state index in [4.69, 9.17) is 0 Å². The number of nitro groups is 2. The molecule has 0 spiro atoms. The van der Waals surface area contributed by atoms with Crippen molar-refractivity contribution >= 4 is 0 Å². The highest BCUT2D eigenvalue weighted by Gasteiger charge is 2.34. The van der Waals surface area contributed by atoms with Crippen molar-refractivity contribution in [2.75, 3.05) is 0 Å². The van der Waals surface area contributed by atoms with E-state index in [1.165, 1.54) is 6.92 Å². The molecule has 0 aliphatic rings. The van der Waals surface area contributed by atoms with E-state index in [1.807, 2.05) is 0 Å². The van der Waals surface area contributed by atoms with E-state index in [1.54, 1.807) is 0 Å². The molecule has 0 saturated carbocycles. The summed E-state index contributed by atoms with van der Waals surface area (Å²) in [4.78, 5) is 18.4. The minimum absolute atomic E-state index is 0.343. The maximum Gasteiger partial charge on any atom is 0.359 e. The molecule has 0 bridgehead atoms. The lowest BCUT2D eigenvalue weighted by molar-refractivity contribution is -0.573. The summed E-state index contributed by atoms with van der Waals surface area (Å²) in [5.74, 6) is 0. The van der Waals surface area contributed by atoms with E-state index in [0.717, 1.165) is 6.92 Å². The number of hydrogen-bond donors (Lipinski definition) is 0. The zero-order valence-electron chi connectivity index (χ0n) is 5.60. The highest BCUT2D eigenvalue weighted by atomic mass is 16.6. The molecule has 0 saturated heterocycles. The fraction of sp³-hybridized carbons (Fsp3) is 0.750. The molecule has 0 aliphatic heterocycles. The van der Waals surface area contributed by atoms with Gasteiger partial charge in [0.15, 0.2) is 0 Å². The van der Waals surface area contributed by atoms with Gasteiger partial charge >= 0.3 is 6.04 Å². The normalized spacial score (nSPS) is 13.1. The van der Waals surface area contributed by atoms with Gasteiger partial charge in [-0.05, 0) is 0 Å². The summed E-state index contributed by atoms with van der Waals surface area (Å²) in [5.41, 5.74) is 0. The lowest BCUT2D eigenvalue weighted by Gasteiger charge is -2.01. The first-order valence-corrected chi connectivity index (χ1v) is 2.58. The average molecular weight is 147 g/mol. The van der Waals surface area contributed by atoms with Crippen molar-refractivity contribution in [2.45, 2.75) is 19.9 Å². The second kappa shape index (κ2) is 3.09. The van der Waals surface area contributed by atoms with Crippen LogP contribution in [0.2, 0.25) is 0 Å². The van der Waals surface area contributed by atoms with E-state index in [-0.39, 0.29) is 6.04 Å². The third kappa shape index (κ3) is 1.96. The third-order valence-corrected chi connectivity index (χ3v) is 1.21. The average Bonchev–Trinajstić information content (AvgIpc) is 1.84. The van der Waals surface area contributed by atoms with Gasteiger partial charge in [-0.15, -0.1) is 0 Å². The fourth-order valence-electron chi connectivity index (χ4n) is 0.305. The minimum Gasteiger partial charge on any atom is -0.264 e. The highest BCUT2D eigenvalue weighted by molar-refractivity contribution is 4.76. The second-order valence-corrected chi connectivity index (χ2v) is 1.86. The predicted molar refractivity (Wildman–Crippen MR) is 32.4 cm³/mol. The fourth-order valence-corrected chi connectivity index (χ4v) is 0.305. The summed E-state index contributed by atoms with van der Waals surface area (Å²) < 4.78 is 0. The van der Waals surface area contributed by atoms with E-state index in [9.17, 15) is 20.2 Å². The van der Waals surface area contributed by atoms with Crippen molar-refractivity contribution in [3.05, 3.63) is 26.3 Å². The Morgan fingerprint density at radius 2 is 1.80 bits per heavy atom. The Kier molecular flexibility index (Phi) is 2.72. The second-order valence-electron chi connectivity index (χ2n) is 1.86. The van der Waals surface area contributed by atoms with Gasteiger partial charge in [-0.1, -0.05) is 0 Å². The Bertz CT molecular complexity index is 139. The molecule has 0 aromatic heterocycles. The van der Waals surface area contributed by atoms with Crippen LogP contribution in [0.3, 0.4) is 0 Å². The maximum absolute atomic E-state index is 9.93. The van der Waals surface area contributed by atoms with Gasteiger partial charge in [-0.25, -0.2) is 0 Å². The lowest BCUT2D eigenvalue weighted by Crippen LogP contribution is -2.27. The van der Waals surface area contributed by atoms with Gasteiger partial charge in [0.1, 0.15) is 0 Å². The van der Waals surface area contributed by atoms with E-state index in [2.05, 4.69) is 0 Å². The Morgan fingerprint density at radius 1 is 1.40 bits per heavy atom. The molecule has 0 fully saturated rings.